The van der Waals surface area contributed by atoms with Crippen molar-refractivity contribution < 1.29 is 9.15 Å². The number of nitrogen functional groups attached to an aromatic ring is 2. The molecule has 0 saturated heterocycles. The van der Waals surface area contributed by atoms with Crippen molar-refractivity contribution in [3.63, 3.8) is 0 Å². The molecule has 0 amide bonds. The molecule has 4 N–H and O–H groups in total. The van der Waals surface area contributed by atoms with E-state index in [0.717, 1.165) is 64.4 Å². The average Bonchev–Trinajstić information content (AvgIpc) is 3.34. The Morgan fingerprint density at radius 3 is 1.86 bits per heavy atom. The Balaban J connectivity index is 0.000000174. The van der Waals surface area contributed by atoms with Gasteiger partial charge in [0.1, 0.15) is 12.0 Å². The Morgan fingerprint density at radius 2 is 1.39 bits per heavy atom. The number of methoxy groups -OCH3 is 1. The van der Waals surface area contributed by atoms with Crippen LogP contribution in [0.5, 0.6) is 5.75 Å². The van der Waals surface area contributed by atoms with E-state index in [4.69, 9.17) is 20.6 Å². The summed E-state index contributed by atoms with van der Waals surface area (Å²) in [4.78, 5) is 13.2. The van der Waals surface area contributed by atoms with Crippen LogP contribution in [0.1, 0.15) is 81.3 Å². The first kappa shape index (κ1) is 26.0. The van der Waals surface area contributed by atoms with Gasteiger partial charge in [0.15, 0.2) is 0 Å². The molecule has 2 saturated carbocycles. The highest BCUT2D eigenvalue weighted by molar-refractivity contribution is 5.60. The second kappa shape index (κ2) is 12.7. The maximum absolute atomic E-state index is 6.15. The fourth-order valence-electron chi connectivity index (χ4n) is 5.39. The second-order valence-electron chi connectivity index (χ2n) is 10.4. The summed E-state index contributed by atoms with van der Waals surface area (Å²) in [7, 11) is 1.64. The fraction of sp³-hybridized carbons (Fsp3) is 0.552. The number of anilines is 2. The first-order chi connectivity index (χ1) is 17.5. The van der Waals surface area contributed by atoms with Crippen LogP contribution in [-0.2, 0) is 12.8 Å². The predicted octanol–water partition coefficient (Wildman–Crippen LogP) is 6.55. The summed E-state index contributed by atoms with van der Waals surface area (Å²) in [5.74, 6) is 2.85. The lowest BCUT2D eigenvalue weighted by molar-refractivity contribution is 0.354. The van der Waals surface area contributed by atoms with Crippen LogP contribution in [-0.4, -0.2) is 22.1 Å². The summed E-state index contributed by atoms with van der Waals surface area (Å²) < 4.78 is 10.5. The van der Waals surface area contributed by atoms with E-state index >= 15 is 0 Å². The highest BCUT2D eigenvalue weighted by atomic mass is 16.5. The number of pyridine rings is 2. The highest BCUT2D eigenvalue weighted by Gasteiger charge is 2.17. The summed E-state index contributed by atoms with van der Waals surface area (Å²) in [5.41, 5.74) is 17.4. The number of hydrogen-bond donors (Lipinski definition) is 2. The first-order valence-electron chi connectivity index (χ1n) is 13.5. The van der Waals surface area contributed by atoms with Crippen molar-refractivity contribution >= 4 is 11.4 Å². The van der Waals surface area contributed by atoms with Gasteiger partial charge < -0.3 is 20.6 Å². The zero-order valence-electron chi connectivity index (χ0n) is 21.8. The first-order valence-corrected chi connectivity index (χ1v) is 13.5. The van der Waals surface area contributed by atoms with Gasteiger partial charge in [-0.25, -0.2) is 4.98 Å². The van der Waals surface area contributed by atoms with E-state index < -0.39 is 0 Å². The van der Waals surface area contributed by atoms with Gasteiger partial charge in [-0.15, -0.1) is 0 Å². The highest BCUT2D eigenvalue weighted by Crippen LogP contribution is 2.30. The third kappa shape index (κ3) is 7.21. The standard InChI is InChI=1S/C16H21N3O.C13H20N2O/c1-11-10-20-16(19-11)13-8-14(17)15(18-9-13)7-12-5-3-2-4-6-12;1-16-11-8-12(14)13(15-9-11)7-10-5-3-2-4-6-10/h8-10,12H,2-7,17H2,1H3;8-10H,2-7,14H2,1H3. The van der Waals surface area contributed by atoms with Crippen LogP contribution >= 0.6 is 0 Å². The number of aryl methyl sites for hydroxylation is 1. The van der Waals surface area contributed by atoms with Gasteiger partial charge in [0.05, 0.1) is 47.3 Å². The van der Waals surface area contributed by atoms with Crippen molar-refractivity contribution in [2.45, 2.75) is 84.0 Å². The molecule has 0 aromatic carbocycles. The number of nitrogens with two attached hydrogens (primary N) is 2. The lowest BCUT2D eigenvalue weighted by atomic mass is 9.86. The zero-order chi connectivity index (χ0) is 25.3. The molecule has 194 valence electrons. The summed E-state index contributed by atoms with van der Waals surface area (Å²) in [6.45, 7) is 1.90. The number of nitrogens with zero attached hydrogens (tertiary/aromatic N) is 3. The molecule has 0 aliphatic heterocycles. The second-order valence-corrected chi connectivity index (χ2v) is 10.4. The summed E-state index contributed by atoms with van der Waals surface area (Å²) >= 11 is 0. The number of rotatable bonds is 6. The molecule has 2 aliphatic carbocycles. The van der Waals surface area contributed by atoms with E-state index in [0.29, 0.717) is 5.89 Å². The van der Waals surface area contributed by atoms with Crippen LogP contribution in [0, 0.1) is 18.8 Å². The summed E-state index contributed by atoms with van der Waals surface area (Å²) in [5, 5.41) is 0. The van der Waals surface area contributed by atoms with E-state index in [9.17, 15) is 0 Å². The zero-order valence-corrected chi connectivity index (χ0v) is 21.8. The molecule has 0 radical (unpaired) electrons. The number of aromatic nitrogens is 3. The predicted molar refractivity (Wildman–Crippen MR) is 145 cm³/mol. The minimum Gasteiger partial charge on any atom is -0.495 e. The van der Waals surface area contributed by atoms with Gasteiger partial charge in [-0.3, -0.25) is 9.97 Å². The van der Waals surface area contributed by atoms with Crippen molar-refractivity contribution in [3.8, 4) is 17.2 Å². The maximum Gasteiger partial charge on any atom is 0.227 e. The molecule has 2 fully saturated rings. The van der Waals surface area contributed by atoms with Crippen LogP contribution in [0.2, 0.25) is 0 Å². The molecule has 2 aliphatic rings. The van der Waals surface area contributed by atoms with E-state index in [1.54, 1.807) is 19.6 Å². The van der Waals surface area contributed by atoms with Gasteiger partial charge in [-0.2, -0.15) is 0 Å². The molecule has 0 unspecified atom stereocenters. The van der Waals surface area contributed by atoms with Gasteiger partial charge in [-0.05, 0) is 37.7 Å². The quantitative estimate of drug-likeness (QED) is 0.402. The van der Waals surface area contributed by atoms with Gasteiger partial charge in [-0.1, -0.05) is 64.2 Å². The normalized spacial score (nSPS) is 16.8. The topological polar surface area (TPSA) is 113 Å². The van der Waals surface area contributed by atoms with Crippen LogP contribution in [0.4, 0.5) is 11.4 Å². The number of hydrogen-bond acceptors (Lipinski definition) is 7. The fourth-order valence-corrected chi connectivity index (χ4v) is 5.39. The van der Waals surface area contributed by atoms with Gasteiger partial charge in [0.2, 0.25) is 5.89 Å². The molecular weight excluding hydrogens is 450 g/mol. The molecule has 36 heavy (non-hydrogen) atoms. The van der Waals surface area contributed by atoms with Gasteiger partial charge >= 0.3 is 0 Å². The lowest BCUT2D eigenvalue weighted by Crippen LogP contribution is -2.11. The van der Waals surface area contributed by atoms with Crippen LogP contribution < -0.4 is 16.2 Å². The maximum atomic E-state index is 6.15. The molecule has 3 aromatic heterocycles. The molecule has 0 spiro atoms. The van der Waals surface area contributed by atoms with Crippen LogP contribution in [0.25, 0.3) is 11.5 Å². The third-order valence-electron chi connectivity index (χ3n) is 7.50. The molecule has 5 rings (SSSR count). The Labute approximate surface area is 215 Å². The van der Waals surface area contributed by atoms with Crippen LogP contribution in [0.3, 0.4) is 0 Å². The Kier molecular flexibility index (Phi) is 9.20. The monoisotopic (exact) mass is 491 g/mol. The largest absolute Gasteiger partial charge is 0.495 e. The summed E-state index contributed by atoms with van der Waals surface area (Å²) in [6, 6.07) is 3.79. The molecular formula is C29H41N5O2. The molecule has 0 bridgehead atoms. The van der Waals surface area contributed by atoms with E-state index in [1.807, 2.05) is 25.3 Å². The minimum absolute atomic E-state index is 0.589. The smallest absolute Gasteiger partial charge is 0.227 e. The number of ether oxygens (including phenoxy) is 1. The van der Waals surface area contributed by atoms with Crippen molar-refractivity contribution in [3.05, 3.63) is 47.9 Å². The minimum atomic E-state index is 0.589. The number of oxazole rings is 1. The van der Waals surface area contributed by atoms with E-state index in [-0.39, 0.29) is 0 Å². The van der Waals surface area contributed by atoms with Crippen LogP contribution in [0.15, 0.2) is 35.2 Å². The van der Waals surface area contributed by atoms with Crippen molar-refractivity contribution in [2.24, 2.45) is 11.8 Å². The average molecular weight is 492 g/mol. The van der Waals surface area contributed by atoms with Crippen molar-refractivity contribution in [1.29, 1.82) is 0 Å². The van der Waals surface area contributed by atoms with Gasteiger partial charge in [0, 0.05) is 12.3 Å². The lowest BCUT2D eigenvalue weighted by Gasteiger charge is -2.21. The van der Waals surface area contributed by atoms with Gasteiger partial charge in [0.25, 0.3) is 0 Å². The molecule has 7 nitrogen and oxygen atoms in total. The Morgan fingerprint density at radius 1 is 0.833 bits per heavy atom. The third-order valence-corrected chi connectivity index (χ3v) is 7.50. The van der Waals surface area contributed by atoms with Crippen molar-refractivity contribution in [1.82, 2.24) is 15.0 Å². The molecule has 3 heterocycles. The Hall–Kier alpha value is -3.09. The molecule has 0 atom stereocenters. The summed E-state index contributed by atoms with van der Waals surface area (Å²) in [6.07, 6.45) is 20.7. The Bertz CT molecular complexity index is 1100. The van der Waals surface area contributed by atoms with Crippen molar-refractivity contribution in [2.75, 3.05) is 18.6 Å². The molecule has 3 aromatic rings. The van der Waals surface area contributed by atoms with E-state index in [1.165, 1.54) is 64.2 Å². The SMILES string of the molecule is COc1cnc(CC2CCCCC2)c(N)c1.Cc1coc(-c2cnc(CC3CCCCC3)c(N)c2)n1. The van der Waals surface area contributed by atoms with E-state index in [2.05, 4.69) is 15.0 Å². The molecule has 7 heteroatoms.